The van der Waals surface area contributed by atoms with E-state index in [-0.39, 0.29) is 0 Å². The molecule has 0 unspecified atom stereocenters. The molecule has 2 aromatic carbocycles. The molecule has 2 saturated carbocycles. The van der Waals surface area contributed by atoms with Crippen LogP contribution in [0.1, 0.15) is 81.3 Å². The first-order valence-corrected chi connectivity index (χ1v) is 11.5. The molecule has 1 heteroatoms. The van der Waals surface area contributed by atoms with E-state index in [1.807, 2.05) is 0 Å². The first-order valence-electron chi connectivity index (χ1n) is 11.5. The standard InChI is InChI=1S/C28H34O/c1-2-3-21-4-8-23(9-5-21)25-12-16-27(17-13-25)28-18-14-26(15-19-28)24-10-6-22(20-29)7-11-24/h2-3,12-24H,4-11H2,1H3/b3-2+. The Kier molecular flexibility index (Phi) is 6.64. The smallest absolute Gasteiger partial charge is 0.123 e. The lowest BCUT2D eigenvalue weighted by atomic mass is 9.78. The average Bonchev–Trinajstić information content (AvgIpc) is 2.80. The Morgan fingerprint density at radius 2 is 1.03 bits per heavy atom. The normalized spacial score (nSPS) is 27.8. The SMILES string of the molecule is C/C=C/C1CCC(c2ccc(-c3ccc(C4CCC(C=O)CC4)cc3)cc2)CC1. The molecule has 152 valence electrons. The summed E-state index contributed by atoms with van der Waals surface area (Å²) in [5.74, 6) is 2.44. The minimum absolute atomic E-state index is 0.294. The van der Waals surface area contributed by atoms with E-state index in [4.69, 9.17) is 0 Å². The molecule has 0 aliphatic heterocycles. The van der Waals surface area contributed by atoms with Gasteiger partial charge in [-0.1, -0.05) is 60.7 Å². The van der Waals surface area contributed by atoms with E-state index in [0.717, 1.165) is 43.8 Å². The molecule has 0 spiro atoms. The second-order valence-electron chi connectivity index (χ2n) is 9.13. The molecule has 0 bridgehead atoms. The fourth-order valence-corrected chi connectivity index (χ4v) is 5.40. The first-order chi connectivity index (χ1) is 14.3. The fraction of sp³-hybridized carbons (Fsp3) is 0.464. The van der Waals surface area contributed by atoms with E-state index < -0.39 is 0 Å². The molecule has 0 aromatic heterocycles. The van der Waals surface area contributed by atoms with Gasteiger partial charge in [0.25, 0.3) is 0 Å². The molecular formula is C28H34O. The van der Waals surface area contributed by atoms with Crippen LogP contribution >= 0.6 is 0 Å². The maximum Gasteiger partial charge on any atom is 0.123 e. The van der Waals surface area contributed by atoms with Crippen molar-refractivity contribution in [2.45, 2.75) is 70.1 Å². The molecule has 1 nitrogen and oxygen atoms in total. The second-order valence-corrected chi connectivity index (χ2v) is 9.13. The summed E-state index contributed by atoms with van der Waals surface area (Å²) in [4.78, 5) is 11.0. The first kappa shape index (κ1) is 20.1. The zero-order valence-electron chi connectivity index (χ0n) is 17.7. The van der Waals surface area contributed by atoms with Crippen LogP contribution in [0.5, 0.6) is 0 Å². The van der Waals surface area contributed by atoms with Gasteiger partial charge in [0, 0.05) is 5.92 Å². The van der Waals surface area contributed by atoms with Gasteiger partial charge >= 0.3 is 0 Å². The summed E-state index contributed by atoms with van der Waals surface area (Å²) < 4.78 is 0. The largest absolute Gasteiger partial charge is 0.303 e. The zero-order valence-corrected chi connectivity index (χ0v) is 17.7. The molecule has 0 radical (unpaired) electrons. The summed E-state index contributed by atoms with van der Waals surface area (Å²) in [5.41, 5.74) is 5.56. The van der Waals surface area contributed by atoms with Crippen LogP contribution < -0.4 is 0 Å². The minimum atomic E-state index is 0.294. The average molecular weight is 387 g/mol. The quantitative estimate of drug-likeness (QED) is 0.380. The van der Waals surface area contributed by atoms with Gasteiger partial charge in [-0.3, -0.25) is 0 Å². The minimum Gasteiger partial charge on any atom is -0.303 e. The maximum absolute atomic E-state index is 11.0. The van der Waals surface area contributed by atoms with Crippen LogP contribution in [0.25, 0.3) is 11.1 Å². The van der Waals surface area contributed by atoms with Crippen molar-refractivity contribution in [1.29, 1.82) is 0 Å². The summed E-state index contributed by atoms with van der Waals surface area (Å²) in [6, 6.07) is 18.5. The van der Waals surface area contributed by atoms with E-state index >= 15 is 0 Å². The third-order valence-electron chi connectivity index (χ3n) is 7.30. The van der Waals surface area contributed by atoms with Gasteiger partial charge in [0.05, 0.1) is 0 Å². The molecule has 2 aliphatic rings. The monoisotopic (exact) mass is 386 g/mol. The van der Waals surface area contributed by atoms with Gasteiger partial charge in [-0.05, 0) is 98.3 Å². The van der Waals surface area contributed by atoms with E-state index in [9.17, 15) is 4.79 Å². The predicted octanol–water partition coefficient (Wildman–Crippen LogP) is 7.68. The van der Waals surface area contributed by atoms with Crippen LogP contribution in [0.15, 0.2) is 60.7 Å². The molecule has 2 aliphatic carbocycles. The molecule has 0 heterocycles. The summed E-state index contributed by atoms with van der Waals surface area (Å²) in [6.45, 7) is 2.13. The lowest BCUT2D eigenvalue weighted by Gasteiger charge is -2.27. The molecule has 0 amide bonds. The van der Waals surface area contributed by atoms with Gasteiger partial charge in [0.15, 0.2) is 0 Å². The molecule has 0 atom stereocenters. The number of hydrogen-bond donors (Lipinski definition) is 0. The van der Waals surface area contributed by atoms with Crippen molar-refractivity contribution in [3.63, 3.8) is 0 Å². The van der Waals surface area contributed by atoms with Crippen LogP contribution in [0.3, 0.4) is 0 Å². The molecule has 0 N–H and O–H groups in total. The highest BCUT2D eigenvalue weighted by atomic mass is 16.1. The summed E-state index contributed by atoms with van der Waals surface area (Å²) in [7, 11) is 0. The molecule has 4 rings (SSSR count). The maximum atomic E-state index is 11.0. The van der Waals surface area contributed by atoms with Gasteiger partial charge in [-0.15, -0.1) is 0 Å². The Morgan fingerprint density at radius 3 is 1.41 bits per heavy atom. The van der Waals surface area contributed by atoms with Gasteiger partial charge in [0.1, 0.15) is 6.29 Å². The van der Waals surface area contributed by atoms with Crippen LogP contribution in [-0.4, -0.2) is 6.29 Å². The van der Waals surface area contributed by atoms with E-state index in [1.165, 1.54) is 47.9 Å². The van der Waals surface area contributed by atoms with Crippen molar-refractivity contribution in [2.75, 3.05) is 0 Å². The predicted molar refractivity (Wildman–Crippen MR) is 122 cm³/mol. The number of carbonyl (C=O) groups excluding carboxylic acids is 1. The van der Waals surface area contributed by atoms with Crippen LogP contribution in [0, 0.1) is 11.8 Å². The third-order valence-corrected chi connectivity index (χ3v) is 7.30. The van der Waals surface area contributed by atoms with Crippen molar-refractivity contribution in [1.82, 2.24) is 0 Å². The highest BCUT2D eigenvalue weighted by Crippen LogP contribution is 2.38. The third kappa shape index (κ3) is 4.89. The Labute approximate surface area is 176 Å². The molecular weight excluding hydrogens is 352 g/mol. The van der Waals surface area contributed by atoms with Gasteiger partial charge in [-0.25, -0.2) is 0 Å². The van der Waals surface area contributed by atoms with E-state index in [1.54, 1.807) is 0 Å². The molecule has 2 aromatic rings. The number of carbonyl (C=O) groups is 1. The number of rotatable bonds is 5. The lowest BCUT2D eigenvalue weighted by Crippen LogP contribution is -2.14. The number of benzene rings is 2. The highest BCUT2D eigenvalue weighted by Gasteiger charge is 2.22. The summed E-state index contributed by atoms with van der Waals surface area (Å²) >= 11 is 0. The topological polar surface area (TPSA) is 17.1 Å². The van der Waals surface area contributed by atoms with Crippen molar-refractivity contribution >= 4 is 6.29 Å². The summed E-state index contributed by atoms with van der Waals surface area (Å²) in [5, 5.41) is 0. The Bertz CT molecular complexity index is 798. The highest BCUT2D eigenvalue weighted by molar-refractivity contribution is 5.64. The Morgan fingerprint density at radius 1 is 0.621 bits per heavy atom. The van der Waals surface area contributed by atoms with Crippen molar-refractivity contribution in [2.24, 2.45) is 11.8 Å². The van der Waals surface area contributed by atoms with Crippen LogP contribution in [0.4, 0.5) is 0 Å². The van der Waals surface area contributed by atoms with E-state index in [0.29, 0.717) is 11.8 Å². The molecule has 0 saturated heterocycles. The number of hydrogen-bond acceptors (Lipinski definition) is 1. The second kappa shape index (κ2) is 9.57. The van der Waals surface area contributed by atoms with Crippen molar-refractivity contribution in [3.05, 3.63) is 71.8 Å². The van der Waals surface area contributed by atoms with Crippen molar-refractivity contribution in [3.8, 4) is 11.1 Å². The van der Waals surface area contributed by atoms with Gasteiger partial charge in [0.2, 0.25) is 0 Å². The zero-order chi connectivity index (χ0) is 20.1. The number of allylic oxidation sites excluding steroid dienone is 2. The fourth-order valence-electron chi connectivity index (χ4n) is 5.40. The molecule has 29 heavy (non-hydrogen) atoms. The lowest BCUT2D eigenvalue weighted by molar-refractivity contribution is -0.111. The van der Waals surface area contributed by atoms with Gasteiger partial charge < -0.3 is 4.79 Å². The van der Waals surface area contributed by atoms with E-state index in [2.05, 4.69) is 67.6 Å². The van der Waals surface area contributed by atoms with Crippen LogP contribution in [0.2, 0.25) is 0 Å². The summed E-state index contributed by atoms with van der Waals surface area (Å²) in [6.07, 6.45) is 15.4. The van der Waals surface area contributed by atoms with Gasteiger partial charge in [-0.2, -0.15) is 0 Å². The molecule has 2 fully saturated rings. The number of aldehydes is 1. The van der Waals surface area contributed by atoms with Crippen LogP contribution in [-0.2, 0) is 4.79 Å². The Hall–Kier alpha value is -2.15. The Balaban J connectivity index is 1.37. The van der Waals surface area contributed by atoms with Crippen molar-refractivity contribution < 1.29 is 4.79 Å².